The molecule has 0 bridgehead atoms. The number of para-hydroxylation sites is 1. The van der Waals surface area contributed by atoms with Crippen molar-refractivity contribution in [2.75, 3.05) is 18.4 Å². The maximum absolute atomic E-state index is 6.20. The average molecular weight is 381 g/mol. The van der Waals surface area contributed by atoms with Gasteiger partial charge in [0.15, 0.2) is 5.11 Å². The van der Waals surface area contributed by atoms with Crippen LogP contribution in [-0.2, 0) is 0 Å². The van der Waals surface area contributed by atoms with Gasteiger partial charge in [-0.05, 0) is 42.7 Å². The third-order valence-electron chi connectivity index (χ3n) is 4.52. The molecule has 0 amide bonds. The number of hydrogen-bond acceptors (Lipinski definition) is 2. The highest BCUT2D eigenvalue weighted by molar-refractivity contribution is 7.80. The predicted octanol–water partition coefficient (Wildman–Crippen LogP) is 3.50. The first-order valence-corrected chi connectivity index (χ1v) is 10.0. The number of rotatable bonds is 5. The van der Waals surface area contributed by atoms with Gasteiger partial charge in [-0.15, -0.1) is 11.3 Å². The summed E-state index contributed by atoms with van der Waals surface area (Å²) >= 11 is 13.5. The largest absolute Gasteiger partial charge is 0.354 e. The lowest BCUT2D eigenvalue weighted by atomic mass is 10.1. The summed E-state index contributed by atoms with van der Waals surface area (Å²) in [7, 11) is 0. The van der Waals surface area contributed by atoms with Crippen LogP contribution in [0.2, 0.25) is 5.02 Å². The first-order chi connectivity index (χ1) is 11.6. The molecule has 6 heteroatoms. The van der Waals surface area contributed by atoms with Gasteiger partial charge < -0.3 is 15.5 Å². The SMILES string of the molecule is C[C@@H](NC(=S)Nc1ccccc1Cl)[C@H](c1cccs1)[NH+]1CCCC1. The molecule has 1 aliphatic rings. The Morgan fingerprint density at radius 3 is 2.62 bits per heavy atom. The van der Waals surface area contributed by atoms with Crippen molar-refractivity contribution >= 4 is 46.0 Å². The lowest BCUT2D eigenvalue weighted by Gasteiger charge is -2.30. The first kappa shape index (κ1) is 17.7. The van der Waals surface area contributed by atoms with Crippen LogP contribution < -0.4 is 15.5 Å². The fourth-order valence-electron chi connectivity index (χ4n) is 3.42. The molecular formula is C18H23ClN3S2+. The molecule has 1 aliphatic heterocycles. The maximum Gasteiger partial charge on any atom is 0.171 e. The van der Waals surface area contributed by atoms with E-state index in [1.807, 2.05) is 35.6 Å². The van der Waals surface area contributed by atoms with Gasteiger partial charge in [-0.1, -0.05) is 29.8 Å². The van der Waals surface area contributed by atoms with Crippen LogP contribution in [0.25, 0.3) is 0 Å². The average Bonchev–Trinajstić information content (AvgIpc) is 3.24. The van der Waals surface area contributed by atoms with Gasteiger partial charge in [0.1, 0.15) is 6.04 Å². The number of thiophene rings is 1. The Morgan fingerprint density at radius 2 is 1.96 bits per heavy atom. The van der Waals surface area contributed by atoms with Gasteiger partial charge in [-0.2, -0.15) is 0 Å². The van der Waals surface area contributed by atoms with Gasteiger partial charge >= 0.3 is 0 Å². The second kappa shape index (κ2) is 8.30. The molecule has 0 aliphatic carbocycles. The molecule has 1 saturated heterocycles. The van der Waals surface area contributed by atoms with E-state index in [2.05, 4.69) is 35.1 Å². The van der Waals surface area contributed by atoms with Gasteiger partial charge in [0.2, 0.25) is 0 Å². The fraction of sp³-hybridized carbons (Fsp3) is 0.389. The Kier molecular flexibility index (Phi) is 6.11. The molecule has 2 atom stereocenters. The smallest absolute Gasteiger partial charge is 0.171 e. The minimum Gasteiger partial charge on any atom is -0.354 e. The van der Waals surface area contributed by atoms with Crippen molar-refractivity contribution in [3.8, 4) is 0 Å². The summed E-state index contributed by atoms with van der Waals surface area (Å²) in [5.74, 6) is 0. The highest BCUT2D eigenvalue weighted by atomic mass is 35.5. The zero-order valence-corrected chi connectivity index (χ0v) is 16.1. The van der Waals surface area contributed by atoms with E-state index in [-0.39, 0.29) is 6.04 Å². The van der Waals surface area contributed by atoms with Crippen LogP contribution in [-0.4, -0.2) is 24.2 Å². The van der Waals surface area contributed by atoms with Crippen molar-refractivity contribution in [2.24, 2.45) is 0 Å². The van der Waals surface area contributed by atoms with E-state index in [4.69, 9.17) is 23.8 Å². The van der Waals surface area contributed by atoms with Crippen LogP contribution in [0.15, 0.2) is 41.8 Å². The second-order valence-electron chi connectivity index (χ2n) is 6.23. The molecule has 0 saturated carbocycles. The van der Waals surface area contributed by atoms with E-state index in [9.17, 15) is 0 Å². The third-order valence-corrected chi connectivity index (χ3v) is 6.02. The van der Waals surface area contributed by atoms with Gasteiger partial charge in [0, 0.05) is 12.8 Å². The van der Waals surface area contributed by atoms with Crippen LogP contribution in [0.4, 0.5) is 5.69 Å². The van der Waals surface area contributed by atoms with Crippen molar-refractivity contribution < 1.29 is 4.90 Å². The van der Waals surface area contributed by atoms with E-state index >= 15 is 0 Å². The molecule has 2 heterocycles. The molecule has 24 heavy (non-hydrogen) atoms. The summed E-state index contributed by atoms with van der Waals surface area (Å²) in [5, 5.41) is 10.1. The summed E-state index contributed by atoms with van der Waals surface area (Å²) in [6, 6.07) is 12.7. The number of benzene rings is 1. The normalized spacial score (nSPS) is 17.4. The number of nitrogens with one attached hydrogen (secondary N) is 3. The number of hydrogen-bond donors (Lipinski definition) is 3. The van der Waals surface area contributed by atoms with Crippen molar-refractivity contribution in [2.45, 2.75) is 31.8 Å². The minimum atomic E-state index is 0.249. The minimum absolute atomic E-state index is 0.249. The van der Waals surface area contributed by atoms with E-state index in [1.165, 1.54) is 30.8 Å². The van der Waals surface area contributed by atoms with E-state index < -0.39 is 0 Å². The van der Waals surface area contributed by atoms with Crippen LogP contribution in [0.5, 0.6) is 0 Å². The van der Waals surface area contributed by atoms with Gasteiger partial charge in [0.05, 0.1) is 34.7 Å². The fourth-order valence-corrected chi connectivity index (χ4v) is 4.89. The molecule has 0 unspecified atom stereocenters. The Morgan fingerprint density at radius 1 is 1.21 bits per heavy atom. The molecule has 3 rings (SSSR count). The van der Waals surface area contributed by atoms with Gasteiger partial charge in [-0.25, -0.2) is 0 Å². The maximum atomic E-state index is 6.20. The summed E-state index contributed by atoms with van der Waals surface area (Å²) in [5.41, 5.74) is 0.838. The van der Waals surface area contributed by atoms with Crippen molar-refractivity contribution in [3.63, 3.8) is 0 Å². The number of thiocarbonyl (C=S) groups is 1. The second-order valence-corrected chi connectivity index (χ2v) is 8.02. The predicted molar refractivity (Wildman–Crippen MR) is 107 cm³/mol. The van der Waals surface area contributed by atoms with Gasteiger partial charge in [0.25, 0.3) is 0 Å². The highest BCUT2D eigenvalue weighted by Crippen LogP contribution is 2.22. The standard InChI is InChI=1S/C18H22ClN3S2/c1-13(20-18(23)21-15-8-3-2-7-14(15)19)17(16-9-6-12-24-16)22-10-4-5-11-22/h2-3,6-9,12-13,17H,4-5,10-11H2,1H3,(H2,20,21,23)/p+1/t13-,17-/m1/s1. The molecule has 2 aromatic rings. The Labute approximate surface area is 158 Å². The number of halogens is 1. The Balaban J connectivity index is 1.68. The van der Waals surface area contributed by atoms with Crippen molar-refractivity contribution in [1.29, 1.82) is 0 Å². The Bertz CT molecular complexity index is 669. The molecular weight excluding hydrogens is 358 g/mol. The number of likely N-dealkylation sites (tertiary alicyclic amines) is 1. The molecule has 1 aromatic carbocycles. The first-order valence-electron chi connectivity index (χ1n) is 8.35. The van der Waals surface area contributed by atoms with Gasteiger partial charge in [-0.3, -0.25) is 0 Å². The summed E-state index contributed by atoms with van der Waals surface area (Å²) in [6.07, 6.45) is 2.62. The third kappa shape index (κ3) is 4.28. The monoisotopic (exact) mass is 380 g/mol. The van der Waals surface area contributed by atoms with E-state index in [0.29, 0.717) is 16.2 Å². The topological polar surface area (TPSA) is 28.5 Å². The number of anilines is 1. The lowest BCUT2D eigenvalue weighted by molar-refractivity contribution is -0.920. The van der Waals surface area contributed by atoms with Crippen LogP contribution in [0.1, 0.15) is 30.7 Å². The zero-order valence-electron chi connectivity index (χ0n) is 13.7. The van der Waals surface area contributed by atoms with Crippen LogP contribution in [0, 0.1) is 0 Å². The van der Waals surface area contributed by atoms with Crippen molar-refractivity contribution in [3.05, 3.63) is 51.7 Å². The lowest BCUT2D eigenvalue weighted by Crippen LogP contribution is -3.11. The molecule has 1 aromatic heterocycles. The molecule has 128 valence electrons. The molecule has 3 nitrogen and oxygen atoms in total. The van der Waals surface area contributed by atoms with Crippen LogP contribution in [0.3, 0.4) is 0 Å². The zero-order chi connectivity index (χ0) is 16.9. The molecule has 0 radical (unpaired) electrons. The van der Waals surface area contributed by atoms with E-state index in [1.54, 1.807) is 4.90 Å². The van der Waals surface area contributed by atoms with Crippen LogP contribution >= 0.6 is 35.2 Å². The van der Waals surface area contributed by atoms with Crippen molar-refractivity contribution in [1.82, 2.24) is 5.32 Å². The van der Waals surface area contributed by atoms with E-state index in [0.717, 1.165) is 5.69 Å². The number of quaternary nitrogens is 1. The summed E-state index contributed by atoms with van der Waals surface area (Å²) in [4.78, 5) is 3.07. The molecule has 3 N–H and O–H groups in total. The summed E-state index contributed by atoms with van der Waals surface area (Å²) in [6.45, 7) is 4.69. The Hall–Kier alpha value is -1.14. The molecule has 1 fully saturated rings. The summed E-state index contributed by atoms with van der Waals surface area (Å²) < 4.78 is 0. The highest BCUT2D eigenvalue weighted by Gasteiger charge is 2.33. The molecule has 0 spiro atoms. The quantitative estimate of drug-likeness (QED) is 0.693.